The Labute approximate surface area is 443 Å². The number of hydrogen-bond acceptors (Lipinski definition) is 14. The molecule has 0 radical (unpaired) electrons. The van der Waals surface area contributed by atoms with Gasteiger partial charge in [-0.25, -0.2) is 18.4 Å². The summed E-state index contributed by atoms with van der Waals surface area (Å²) in [6, 6.07) is 27.7. The Morgan fingerprint density at radius 2 is 1.50 bits per heavy atom. The van der Waals surface area contributed by atoms with Gasteiger partial charge in [-0.2, -0.15) is 5.10 Å². The maximum absolute atomic E-state index is 15.1. The number of nitrogens with zero attached hydrogens (tertiary/aromatic N) is 10. The molecule has 0 bridgehead atoms. The van der Waals surface area contributed by atoms with E-state index in [9.17, 15) is 23.6 Å². The molecule has 384 valence electrons. The number of Topliss-reactive ketones (excluding diaryl/α,β-unsaturated/α-hetero) is 1. The molecule has 4 aromatic carbocycles. The monoisotopic (exact) mass is 1130 g/mol. The van der Waals surface area contributed by atoms with Crippen molar-refractivity contribution in [2.24, 2.45) is 0 Å². The Kier molecular flexibility index (Phi) is 15.0. The zero-order chi connectivity index (χ0) is 51.7. The van der Waals surface area contributed by atoms with E-state index in [0.29, 0.717) is 39.1 Å². The van der Waals surface area contributed by atoms with Crippen LogP contribution in [0.3, 0.4) is 0 Å². The fourth-order valence-corrected chi connectivity index (χ4v) is 15.5. The van der Waals surface area contributed by atoms with Gasteiger partial charge in [0.25, 0.3) is 0 Å². The molecule has 4 fully saturated rings. The summed E-state index contributed by atoms with van der Waals surface area (Å²) in [4.78, 5) is 70.3. The van der Waals surface area contributed by atoms with Crippen molar-refractivity contribution in [1.82, 2.24) is 32.4 Å². The van der Waals surface area contributed by atoms with Crippen molar-refractivity contribution in [3.8, 4) is 5.75 Å². The van der Waals surface area contributed by atoms with E-state index in [4.69, 9.17) is 31.6 Å². The number of rotatable bonds is 15. The fraction of sp³-hybridized carbons (Fsp3) is 0.365. The van der Waals surface area contributed by atoms with E-state index >= 15 is 4.39 Å². The second-order valence-corrected chi connectivity index (χ2v) is 23.4. The Balaban J connectivity index is 0.750. The van der Waals surface area contributed by atoms with Crippen LogP contribution in [0.15, 0.2) is 122 Å². The van der Waals surface area contributed by atoms with E-state index in [1.54, 1.807) is 33.0 Å². The number of anilines is 3. The Hall–Kier alpha value is -6.49. The third-order valence-electron chi connectivity index (χ3n) is 14.0. The molecule has 4 atom stereocenters. The summed E-state index contributed by atoms with van der Waals surface area (Å²) in [5.41, 5.74) is 2.18. The van der Waals surface area contributed by atoms with Crippen LogP contribution < -0.4 is 19.4 Å². The van der Waals surface area contributed by atoms with E-state index in [2.05, 4.69) is 19.9 Å². The number of amides is 4. The molecule has 22 heteroatoms. The quantitative estimate of drug-likeness (QED) is 0.115. The second-order valence-electron chi connectivity index (χ2n) is 18.8. The minimum absolute atomic E-state index is 0.00301. The van der Waals surface area contributed by atoms with E-state index in [1.165, 1.54) is 41.5 Å². The maximum atomic E-state index is 15.1. The average molecular weight is 1130 g/mol. The van der Waals surface area contributed by atoms with Gasteiger partial charge in [-0.15, -0.1) is 0 Å². The Morgan fingerprint density at radius 1 is 0.851 bits per heavy atom. The molecule has 5 aromatic rings. The van der Waals surface area contributed by atoms with Gasteiger partial charge in [0.15, 0.2) is 6.29 Å². The summed E-state index contributed by atoms with van der Waals surface area (Å²) in [5, 5.41) is 3.60. The normalized spacial score (nSPS) is 22.1. The van der Waals surface area contributed by atoms with Crippen LogP contribution in [0.5, 0.6) is 5.75 Å². The molecule has 0 saturated carbocycles. The molecule has 4 saturated heterocycles. The molecule has 5 aliphatic heterocycles. The van der Waals surface area contributed by atoms with Crippen LogP contribution >= 0.6 is 12.6 Å². The SMILES string of the molecule is COC1=C[N](C2C(S)N(C(C)C)C(=O)N2c2ccc(N3CCN(c4ccc(OC[C@H]5OC[C@](Cn6cncn6)(c6ccc(F)cc6F)O5)cc4)CC3)cc2)[In]=[C]1C(=O)C(=O)N1CCN(C(=O)c2ccccc2)CC1. The van der Waals surface area contributed by atoms with Crippen molar-refractivity contribution in [3.63, 3.8) is 0 Å². The van der Waals surface area contributed by atoms with Gasteiger partial charge >= 0.3 is 299 Å². The van der Waals surface area contributed by atoms with Crippen molar-refractivity contribution in [2.45, 2.75) is 49.9 Å². The Morgan fingerprint density at radius 3 is 2.12 bits per heavy atom. The zero-order valence-electron chi connectivity index (χ0n) is 41.1. The van der Waals surface area contributed by atoms with Crippen molar-refractivity contribution in [1.29, 1.82) is 0 Å². The van der Waals surface area contributed by atoms with E-state index < -0.39 is 69.5 Å². The number of aromatic nitrogens is 3. The molecule has 0 spiro atoms. The number of methoxy groups -OCH3 is 1. The number of hydrogen-bond donors (Lipinski definition) is 1. The third kappa shape index (κ3) is 10.3. The molecule has 4 amide bonds. The van der Waals surface area contributed by atoms with Crippen molar-refractivity contribution < 1.29 is 46.9 Å². The van der Waals surface area contributed by atoms with Crippen LogP contribution in [0.1, 0.15) is 29.8 Å². The second kappa shape index (κ2) is 21.8. The van der Waals surface area contributed by atoms with Crippen LogP contribution in [-0.4, -0.2) is 179 Å². The number of ether oxygens (including phenoxy) is 4. The summed E-state index contributed by atoms with van der Waals surface area (Å²) >= 11 is 2.72. The summed E-state index contributed by atoms with van der Waals surface area (Å²) in [6.07, 6.45) is 3.23. The molecule has 2 unspecified atom stereocenters. The number of thiol groups is 1. The predicted molar refractivity (Wildman–Crippen MR) is 275 cm³/mol. The van der Waals surface area contributed by atoms with Gasteiger partial charge in [-0.3, -0.25) is 0 Å². The summed E-state index contributed by atoms with van der Waals surface area (Å²) < 4.78 is 56.8. The first-order chi connectivity index (χ1) is 35.8. The van der Waals surface area contributed by atoms with Crippen molar-refractivity contribution in [2.75, 3.05) is 87.4 Å². The molecule has 1 aromatic heterocycles. The number of piperazine rings is 2. The van der Waals surface area contributed by atoms with Crippen LogP contribution in [0.25, 0.3) is 0 Å². The first-order valence-electron chi connectivity index (χ1n) is 24.4. The molecule has 0 N–H and O–H groups in total. The third-order valence-corrected chi connectivity index (χ3v) is 18.9. The molecule has 5 aliphatic rings. The van der Waals surface area contributed by atoms with Crippen molar-refractivity contribution >= 4 is 79.3 Å². The number of ketones is 1. The number of benzene rings is 4. The van der Waals surface area contributed by atoms with Crippen LogP contribution in [0, 0.1) is 11.6 Å². The predicted octanol–water partition coefficient (Wildman–Crippen LogP) is 4.61. The topological polar surface area (TPSA) is 159 Å². The summed E-state index contributed by atoms with van der Waals surface area (Å²) in [6.45, 7) is 8.15. The number of halogens is 2. The summed E-state index contributed by atoms with van der Waals surface area (Å²) in [7, 11) is 1.48. The van der Waals surface area contributed by atoms with Crippen LogP contribution in [0.2, 0.25) is 0 Å². The average Bonchev–Trinajstić information content (AvgIpc) is 4.24. The number of urea groups is 1. The van der Waals surface area contributed by atoms with Crippen LogP contribution in [0.4, 0.5) is 30.6 Å². The molecular weight excluding hydrogens is 1080 g/mol. The van der Waals surface area contributed by atoms with Crippen molar-refractivity contribution in [3.05, 3.63) is 144 Å². The van der Waals surface area contributed by atoms with Gasteiger partial charge in [0.2, 0.25) is 0 Å². The summed E-state index contributed by atoms with van der Waals surface area (Å²) in [5.74, 6) is -1.85. The number of carbonyl (C=O) groups is 4. The molecule has 0 aliphatic carbocycles. The fourth-order valence-electron chi connectivity index (χ4n) is 10.1. The van der Waals surface area contributed by atoms with Gasteiger partial charge < -0.3 is 14.2 Å². The molecular formula is C52H55F2InN10O8S. The standard InChI is InChI=1S/C52H55F2N10O8S.In/c1-35(2)63-50(73)47(56-29-42(69-3)28-45(65)49(67)61-25-23-60(24-26-61)48(66)36-7-5-4-6-8-36)64(51(63)68)40-12-10-38(11-13-40)58-19-21-59(22-20-58)39-14-16-41(17-15-39)70-30-46-71-32-52(72-46,31-62-34-55-33-57-62)43-18-9-37(53)27-44(43)54;/h4-18,27,29,33-35,46-47,50,73H,19-26,30-32H2,1-3H3;/q-1;+1/t46-,47?,50?,52+;/m0./s1. The zero-order valence-corrected chi connectivity index (χ0v) is 45.3. The molecule has 6 heterocycles. The molecule has 10 rings (SSSR count). The van der Waals surface area contributed by atoms with E-state index in [1.807, 2.05) is 83.5 Å². The van der Waals surface area contributed by atoms with Gasteiger partial charge in [0.05, 0.1) is 13.2 Å². The van der Waals surface area contributed by atoms with Gasteiger partial charge in [-0.05, 0) is 30.3 Å². The number of allylic oxidation sites excluding steroid dienone is 1. The minimum atomic E-state index is -2.30. The van der Waals surface area contributed by atoms with Crippen LogP contribution in [-0.2, 0) is 35.9 Å². The van der Waals surface area contributed by atoms with Gasteiger partial charge in [-0.1, -0.05) is 6.07 Å². The first kappa shape index (κ1) is 51.0. The Bertz CT molecular complexity index is 2920. The van der Waals surface area contributed by atoms with E-state index in [0.717, 1.165) is 43.6 Å². The molecule has 18 nitrogen and oxygen atoms in total. The first-order valence-corrected chi connectivity index (χ1v) is 28.1. The number of carbonyl (C=O) groups excluding carboxylic acids is 4. The van der Waals surface area contributed by atoms with Gasteiger partial charge in [0, 0.05) is 11.6 Å². The molecule has 74 heavy (non-hydrogen) atoms. The van der Waals surface area contributed by atoms with E-state index in [-0.39, 0.29) is 56.4 Å². The van der Waals surface area contributed by atoms with Gasteiger partial charge in [0.1, 0.15) is 42.2 Å².